The van der Waals surface area contributed by atoms with Crippen LogP contribution in [0, 0.1) is 6.92 Å². The topological polar surface area (TPSA) is 419 Å². The van der Waals surface area contributed by atoms with E-state index in [-0.39, 0.29) is 0 Å². The molecule has 4 fully saturated rings. The van der Waals surface area contributed by atoms with Gasteiger partial charge < -0.3 is 100 Å². The van der Waals surface area contributed by atoms with E-state index in [1.54, 1.807) is 24.3 Å². The molecule has 34 nitrogen and oxygen atoms in total. The van der Waals surface area contributed by atoms with Gasteiger partial charge in [-0.25, -0.2) is 0 Å². The Morgan fingerprint density at radius 1 is 0.297 bits per heavy atom. The highest BCUT2D eigenvalue weighted by atomic mass is 16.8. The largest absolute Gasteiger partial charge is 0.463 e. The third kappa shape index (κ3) is 22.0. The molecule has 1 N–H and O–H groups in total. The maximum atomic E-state index is 13.4. The molecular weight excluding hydrogens is 1230 g/mol. The van der Waals surface area contributed by atoms with Crippen LogP contribution in [0.3, 0.4) is 0 Å². The molecule has 0 aliphatic carbocycles. The van der Waals surface area contributed by atoms with E-state index in [4.69, 9.17) is 94.7 Å². The maximum Gasteiger partial charge on any atom is 0.303 e. The number of esters is 13. The average Bonchev–Trinajstić information content (AvgIpc) is 0.779. The molecule has 0 spiro atoms. The molecule has 0 radical (unpaired) electrons. The van der Waals surface area contributed by atoms with Crippen molar-refractivity contribution in [2.24, 2.45) is 0 Å². The number of nitrogens with one attached hydrogen (secondary N) is 1. The van der Waals surface area contributed by atoms with Crippen LogP contribution in [0.5, 0.6) is 0 Å². The van der Waals surface area contributed by atoms with Crippen molar-refractivity contribution in [3.63, 3.8) is 0 Å². The standard InChI is InChI=1S/C57H75NO33/c1-23-15-17-37(18-16-23)58-54-50(81-33(11)68)46(77-29(7)64)43(38(85-54)19-72-24(2)59)89-56-52(83-35(13)70)48(79-31(9)66)45(40(87-56)21-74-26(4)61)91-57-53(84-36(14)71)49(80-32(10)67)44(41(88-57)22-75-27(5)62)90-55-51(82-34(12)69)47(78-30(8)65)42(76-28(6)63)39(86-55)20-73-25(3)60/h15-18,38-58H,19-22H2,1-14H3/t38-,39-,40-,41-,42-,43-,44-,45-,46+,47+,48+,49+,50-,51-,52-,53-,54-,55+,56+,57+/m1/s1. The summed E-state index contributed by atoms with van der Waals surface area (Å²) in [6, 6.07) is 6.81. The Morgan fingerprint density at radius 3 is 0.813 bits per heavy atom. The molecule has 34 heteroatoms. The third-order valence-electron chi connectivity index (χ3n) is 13.2. The molecule has 0 bridgehead atoms. The van der Waals surface area contributed by atoms with Crippen LogP contribution in [-0.4, -0.2) is 227 Å². The van der Waals surface area contributed by atoms with Crippen molar-refractivity contribution in [2.45, 2.75) is 220 Å². The summed E-state index contributed by atoms with van der Waals surface area (Å²) in [5.74, 6) is -13.1. The van der Waals surface area contributed by atoms with Gasteiger partial charge in [-0.15, -0.1) is 0 Å². The van der Waals surface area contributed by atoms with Gasteiger partial charge in [0.1, 0.15) is 69.2 Å². The SMILES string of the molecule is CC(=O)OC[C@H]1O[C@@H](Nc2ccc(C)cc2)[C@H](OC(C)=O)[C@@H](OC(C)=O)[C@@H]1O[C@@H]1O[C@H](COC(C)=O)[C@@H](O[C@@H]2O[C@H](COC(C)=O)[C@@H](O[C@@H]3O[C@H](COC(C)=O)[C@@H](OC(C)=O)[C@H](OC(C)=O)[C@H]3OC(C)=O)[C@H](OC(C)=O)[C@H]2OC(C)=O)[C@H](OC(C)=O)[C@H]1OC(C)=O. The highest BCUT2D eigenvalue weighted by Crippen LogP contribution is 2.40. The van der Waals surface area contributed by atoms with Gasteiger partial charge in [0.25, 0.3) is 0 Å². The summed E-state index contributed by atoms with van der Waals surface area (Å²) in [7, 11) is 0. The van der Waals surface area contributed by atoms with Crippen LogP contribution in [0.1, 0.15) is 95.6 Å². The molecule has 4 aliphatic rings. The van der Waals surface area contributed by atoms with Crippen LogP contribution in [0.2, 0.25) is 0 Å². The number of ether oxygens (including phenoxy) is 20. The summed E-state index contributed by atoms with van der Waals surface area (Å²) in [4.78, 5) is 168. The van der Waals surface area contributed by atoms with E-state index in [9.17, 15) is 62.3 Å². The molecule has 506 valence electrons. The number of anilines is 1. The molecule has 4 heterocycles. The lowest BCUT2D eigenvalue weighted by Gasteiger charge is -2.51. The Labute approximate surface area is 520 Å². The van der Waals surface area contributed by atoms with Crippen molar-refractivity contribution in [1.82, 2.24) is 0 Å². The lowest BCUT2D eigenvalue weighted by molar-refractivity contribution is -0.385. The van der Waals surface area contributed by atoms with Gasteiger partial charge in [-0.2, -0.15) is 0 Å². The lowest BCUT2D eigenvalue weighted by atomic mass is 9.94. The molecule has 1 aromatic rings. The molecule has 91 heavy (non-hydrogen) atoms. The second kappa shape index (κ2) is 33.8. The molecule has 0 amide bonds. The van der Waals surface area contributed by atoms with Crippen molar-refractivity contribution >= 4 is 83.3 Å². The summed E-state index contributed by atoms with van der Waals surface area (Å²) in [6.45, 7) is 11.3. The molecule has 5 rings (SSSR count). The zero-order valence-corrected chi connectivity index (χ0v) is 52.2. The lowest BCUT2D eigenvalue weighted by Crippen LogP contribution is -2.69. The first-order valence-electron chi connectivity index (χ1n) is 28.2. The van der Waals surface area contributed by atoms with Gasteiger partial charge in [-0.1, -0.05) is 17.7 Å². The van der Waals surface area contributed by atoms with Gasteiger partial charge >= 0.3 is 77.6 Å². The zero-order chi connectivity index (χ0) is 67.7. The van der Waals surface area contributed by atoms with Gasteiger partial charge in [0.2, 0.25) is 0 Å². The number of benzene rings is 1. The molecule has 4 saturated heterocycles. The summed E-state index contributed by atoms with van der Waals surface area (Å²) >= 11 is 0. The van der Waals surface area contributed by atoms with Gasteiger partial charge in [0.15, 0.2) is 80.0 Å². The average molecular weight is 1300 g/mol. The predicted octanol–water partition coefficient (Wildman–Crippen LogP) is 0.0998. The number of hydrogen-bond donors (Lipinski definition) is 1. The quantitative estimate of drug-likeness (QED) is 0.100. The molecule has 20 atom stereocenters. The highest BCUT2D eigenvalue weighted by molar-refractivity contribution is 5.71. The minimum absolute atomic E-state index is 0.411. The number of carbonyl (C=O) groups excluding carboxylic acids is 13. The van der Waals surface area contributed by atoms with Gasteiger partial charge in [0, 0.05) is 95.7 Å². The Balaban J connectivity index is 1.70. The first-order chi connectivity index (χ1) is 42.7. The molecule has 0 unspecified atom stereocenters. The van der Waals surface area contributed by atoms with Crippen molar-refractivity contribution in [1.29, 1.82) is 0 Å². The first-order valence-corrected chi connectivity index (χ1v) is 28.2. The zero-order valence-electron chi connectivity index (χ0n) is 52.2. The summed E-state index contributed by atoms with van der Waals surface area (Å²) in [6.07, 6.45) is -37.6. The Hall–Kier alpha value is -8.15. The maximum absolute atomic E-state index is 13.4. The number of carbonyl (C=O) groups is 13. The van der Waals surface area contributed by atoms with Crippen LogP contribution < -0.4 is 5.32 Å². The molecular formula is C57H75NO33. The van der Waals surface area contributed by atoms with Crippen molar-refractivity contribution in [3.8, 4) is 0 Å². The van der Waals surface area contributed by atoms with E-state index in [1.807, 2.05) is 6.92 Å². The Morgan fingerprint density at radius 2 is 0.527 bits per heavy atom. The van der Waals surface area contributed by atoms with Gasteiger partial charge in [-0.05, 0) is 19.1 Å². The molecule has 0 saturated carbocycles. The second-order valence-electron chi connectivity index (χ2n) is 20.9. The van der Waals surface area contributed by atoms with E-state index in [1.165, 1.54) is 0 Å². The van der Waals surface area contributed by atoms with E-state index in [0.29, 0.717) is 5.69 Å². The van der Waals surface area contributed by atoms with Crippen molar-refractivity contribution in [3.05, 3.63) is 29.8 Å². The fourth-order valence-electron chi connectivity index (χ4n) is 10.0. The fourth-order valence-corrected chi connectivity index (χ4v) is 10.0. The summed E-state index contributed by atoms with van der Waals surface area (Å²) in [5, 5.41) is 3.07. The van der Waals surface area contributed by atoms with E-state index in [2.05, 4.69) is 5.32 Å². The van der Waals surface area contributed by atoms with Crippen molar-refractivity contribution in [2.75, 3.05) is 31.7 Å². The van der Waals surface area contributed by atoms with Crippen molar-refractivity contribution < 1.29 is 157 Å². The minimum atomic E-state index is -2.21. The number of aryl methyl sites for hydroxylation is 1. The second-order valence-corrected chi connectivity index (χ2v) is 20.9. The van der Waals surface area contributed by atoms with Gasteiger partial charge in [0.05, 0.1) is 0 Å². The van der Waals surface area contributed by atoms with Crippen LogP contribution in [0.25, 0.3) is 0 Å². The van der Waals surface area contributed by atoms with Crippen LogP contribution in [-0.2, 0) is 157 Å². The number of hydrogen-bond acceptors (Lipinski definition) is 34. The van der Waals surface area contributed by atoms with Crippen LogP contribution in [0.15, 0.2) is 24.3 Å². The number of rotatable bonds is 25. The predicted molar refractivity (Wildman–Crippen MR) is 291 cm³/mol. The molecule has 0 aromatic heterocycles. The van der Waals surface area contributed by atoms with Crippen LogP contribution >= 0.6 is 0 Å². The highest BCUT2D eigenvalue weighted by Gasteiger charge is 2.62. The normalized spacial score (nSPS) is 31.0. The van der Waals surface area contributed by atoms with E-state index in [0.717, 1.165) is 95.6 Å². The Kier molecular flexibility index (Phi) is 27.3. The third-order valence-corrected chi connectivity index (χ3v) is 13.2. The Bertz CT molecular complexity index is 2790. The molecule has 1 aromatic carbocycles. The minimum Gasteiger partial charge on any atom is -0.463 e. The van der Waals surface area contributed by atoms with Crippen LogP contribution in [0.4, 0.5) is 5.69 Å². The van der Waals surface area contributed by atoms with E-state index >= 15 is 0 Å². The summed E-state index contributed by atoms with van der Waals surface area (Å²) in [5.41, 5.74) is 1.28. The first kappa shape index (κ1) is 73.6. The van der Waals surface area contributed by atoms with Gasteiger partial charge in [-0.3, -0.25) is 62.3 Å². The molecule has 4 aliphatic heterocycles. The fraction of sp³-hybridized carbons (Fsp3) is 0.667. The smallest absolute Gasteiger partial charge is 0.303 e. The monoisotopic (exact) mass is 1300 g/mol. The van der Waals surface area contributed by atoms with E-state index < -0.39 is 227 Å². The summed E-state index contributed by atoms with van der Waals surface area (Å²) < 4.78 is 118.